The Hall–Kier alpha value is -1.16. The molecule has 2 fully saturated rings. The summed E-state index contributed by atoms with van der Waals surface area (Å²) in [5, 5.41) is 7.03. The Labute approximate surface area is 174 Å². The minimum absolute atomic E-state index is 0. The molecular weight excluding hydrogens is 441 g/mol. The van der Waals surface area contributed by atoms with Crippen molar-refractivity contribution in [2.75, 3.05) is 51.2 Å². The highest BCUT2D eigenvalue weighted by Crippen LogP contribution is 2.17. The first-order valence-electron chi connectivity index (χ1n) is 9.56. The van der Waals surface area contributed by atoms with Gasteiger partial charge >= 0.3 is 0 Å². The van der Waals surface area contributed by atoms with E-state index in [-0.39, 0.29) is 24.0 Å². The van der Waals surface area contributed by atoms with Gasteiger partial charge in [0.05, 0.1) is 0 Å². The first-order chi connectivity index (χ1) is 12.3. The number of guanidine groups is 1. The van der Waals surface area contributed by atoms with Crippen LogP contribution in [0.3, 0.4) is 0 Å². The molecule has 2 N–H and O–H groups in total. The van der Waals surface area contributed by atoms with Gasteiger partial charge < -0.3 is 15.5 Å². The Morgan fingerprint density at radius 3 is 2.46 bits per heavy atom. The Kier molecular flexibility index (Phi) is 9.38. The molecule has 0 spiro atoms. The van der Waals surface area contributed by atoms with E-state index in [1.54, 1.807) is 0 Å². The fraction of sp³-hybridized carbons (Fsp3) is 0.722. The average Bonchev–Trinajstić information content (AvgIpc) is 2.69. The van der Waals surface area contributed by atoms with Crippen LogP contribution in [0.5, 0.6) is 0 Å². The van der Waals surface area contributed by atoms with Crippen LogP contribution >= 0.6 is 24.0 Å². The number of aromatic nitrogens is 2. The first-order valence-corrected chi connectivity index (χ1v) is 9.56. The Balaban J connectivity index is 0.00000243. The van der Waals surface area contributed by atoms with Gasteiger partial charge in [0.1, 0.15) is 0 Å². The first kappa shape index (κ1) is 21.1. The van der Waals surface area contributed by atoms with E-state index in [1.807, 2.05) is 25.5 Å². The maximum atomic E-state index is 4.37. The summed E-state index contributed by atoms with van der Waals surface area (Å²) in [7, 11) is 1.86. The van der Waals surface area contributed by atoms with Gasteiger partial charge in [-0.05, 0) is 18.9 Å². The lowest BCUT2D eigenvalue weighted by molar-refractivity contribution is 0.260. The van der Waals surface area contributed by atoms with Crippen molar-refractivity contribution in [2.45, 2.75) is 38.1 Å². The second kappa shape index (κ2) is 11.5. The molecule has 0 bridgehead atoms. The van der Waals surface area contributed by atoms with E-state index in [4.69, 9.17) is 0 Å². The van der Waals surface area contributed by atoms with E-state index < -0.39 is 0 Å². The number of hydrogen-bond acceptors (Lipinski definition) is 5. The minimum atomic E-state index is 0. The molecular formula is C18H32IN7. The summed E-state index contributed by atoms with van der Waals surface area (Å²) in [6.07, 6.45) is 10.2. The van der Waals surface area contributed by atoms with Gasteiger partial charge in [-0.25, -0.2) is 9.97 Å². The van der Waals surface area contributed by atoms with E-state index in [2.05, 4.69) is 35.4 Å². The van der Waals surface area contributed by atoms with Crippen molar-refractivity contribution in [3.05, 3.63) is 18.5 Å². The number of piperazine rings is 1. The van der Waals surface area contributed by atoms with Gasteiger partial charge in [0.15, 0.2) is 5.96 Å². The lowest BCUT2D eigenvalue weighted by Crippen LogP contribution is -2.50. The number of nitrogens with one attached hydrogen (secondary N) is 2. The quantitative estimate of drug-likeness (QED) is 0.386. The molecule has 0 amide bonds. The molecule has 3 rings (SSSR count). The highest BCUT2D eigenvalue weighted by molar-refractivity contribution is 14.0. The molecule has 1 aliphatic carbocycles. The third-order valence-corrected chi connectivity index (χ3v) is 5.10. The third kappa shape index (κ3) is 6.53. The van der Waals surface area contributed by atoms with Crippen LogP contribution in [0.15, 0.2) is 23.5 Å². The normalized spacial score (nSPS) is 19.7. The van der Waals surface area contributed by atoms with Crippen LogP contribution < -0.4 is 15.5 Å². The van der Waals surface area contributed by atoms with E-state index in [9.17, 15) is 0 Å². The molecule has 7 nitrogen and oxygen atoms in total. The van der Waals surface area contributed by atoms with Crippen molar-refractivity contribution < 1.29 is 0 Å². The molecule has 0 unspecified atom stereocenters. The number of rotatable bonds is 5. The molecule has 1 saturated carbocycles. The molecule has 0 atom stereocenters. The standard InChI is InChI=1S/C18H31N7.HI/c1-19-17(23-16-6-3-2-4-7-16)20-10-11-24-12-14-25(15-13-24)18-21-8-5-9-22-18;/h5,8-9,16H,2-4,6-7,10-15H2,1H3,(H2,19,20,23);1H. The maximum absolute atomic E-state index is 4.37. The van der Waals surface area contributed by atoms with E-state index >= 15 is 0 Å². The van der Waals surface area contributed by atoms with Gasteiger partial charge in [0.25, 0.3) is 0 Å². The van der Waals surface area contributed by atoms with Crippen molar-refractivity contribution in [1.82, 2.24) is 25.5 Å². The van der Waals surface area contributed by atoms with Gasteiger partial charge in [0.2, 0.25) is 5.95 Å². The molecule has 8 heteroatoms. The van der Waals surface area contributed by atoms with E-state index in [1.165, 1.54) is 32.1 Å². The summed E-state index contributed by atoms with van der Waals surface area (Å²) in [5.74, 6) is 1.79. The topological polar surface area (TPSA) is 68.7 Å². The lowest BCUT2D eigenvalue weighted by Gasteiger charge is -2.34. The summed E-state index contributed by atoms with van der Waals surface area (Å²) < 4.78 is 0. The zero-order chi connectivity index (χ0) is 17.3. The number of anilines is 1. The van der Waals surface area contributed by atoms with Crippen LogP contribution in [0.4, 0.5) is 5.95 Å². The third-order valence-electron chi connectivity index (χ3n) is 5.10. The molecule has 1 aliphatic heterocycles. The second-order valence-electron chi connectivity index (χ2n) is 6.86. The predicted octanol–water partition coefficient (Wildman–Crippen LogP) is 1.71. The van der Waals surface area contributed by atoms with Gasteiger partial charge in [-0.3, -0.25) is 9.89 Å². The van der Waals surface area contributed by atoms with Crippen molar-refractivity contribution in [3.8, 4) is 0 Å². The largest absolute Gasteiger partial charge is 0.355 e. The summed E-state index contributed by atoms with van der Waals surface area (Å²) in [6.45, 7) is 6.03. The van der Waals surface area contributed by atoms with Crippen molar-refractivity contribution >= 4 is 35.9 Å². The van der Waals surface area contributed by atoms with Crippen LogP contribution in [-0.4, -0.2) is 73.2 Å². The monoisotopic (exact) mass is 473 g/mol. The van der Waals surface area contributed by atoms with E-state index in [0.29, 0.717) is 6.04 Å². The fourth-order valence-corrected chi connectivity index (χ4v) is 3.59. The van der Waals surface area contributed by atoms with Crippen LogP contribution in [0.2, 0.25) is 0 Å². The maximum Gasteiger partial charge on any atom is 0.225 e. The SMILES string of the molecule is CN=C(NCCN1CCN(c2ncccn2)CC1)NC1CCCCC1.I. The van der Waals surface area contributed by atoms with Crippen LogP contribution in [0.25, 0.3) is 0 Å². The molecule has 2 heterocycles. The number of nitrogens with zero attached hydrogens (tertiary/aromatic N) is 5. The zero-order valence-corrected chi connectivity index (χ0v) is 18.1. The average molecular weight is 473 g/mol. The lowest BCUT2D eigenvalue weighted by atomic mass is 9.96. The Morgan fingerprint density at radius 2 is 1.81 bits per heavy atom. The second-order valence-corrected chi connectivity index (χ2v) is 6.86. The molecule has 0 aromatic carbocycles. The molecule has 0 radical (unpaired) electrons. The smallest absolute Gasteiger partial charge is 0.225 e. The highest BCUT2D eigenvalue weighted by atomic mass is 127. The number of halogens is 1. The fourth-order valence-electron chi connectivity index (χ4n) is 3.59. The molecule has 1 aromatic heterocycles. The molecule has 1 saturated heterocycles. The summed E-state index contributed by atoms with van der Waals surface area (Å²) in [6, 6.07) is 2.45. The van der Waals surface area contributed by atoms with E-state index in [0.717, 1.165) is 51.2 Å². The molecule has 1 aromatic rings. The Bertz CT molecular complexity index is 526. The van der Waals surface area contributed by atoms with Crippen LogP contribution in [0, 0.1) is 0 Å². The predicted molar refractivity (Wildman–Crippen MR) is 117 cm³/mol. The van der Waals surface area contributed by atoms with Gasteiger partial charge in [-0.15, -0.1) is 24.0 Å². The summed E-state index contributed by atoms with van der Waals surface area (Å²) in [4.78, 5) is 17.8. The summed E-state index contributed by atoms with van der Waals surface area (Å²) in [5.41, 5.74) is 0. The minimum Gasteiger partial charge on any atom is -0.355 e. The molecule has 146 valence electrons. The summed E-state index contributed by atoms with van der Waals surface area (Å²) >= 11 is 0. The van der Waals surface area contributed by atoms with Crippen LogP contribution in [-0.2, 0) is 0 Å². The number of hydrogen-bond donors (Lipinski definition) is 2. The van der Waals surface area contributed by atoms with Crippen molar-refractivity contribution in [2.24, 2.45) is 4.99 Å². The molecule has 2 aliphatic rings. The van der Waals surface area contributed by atoms with Crippen molar-refractivity contribution in [1.29, 1.82) is 0 Å². The van der Waals surface area contributed by atoms with Gasteiger partial charge in [-0.2, -0.15) is 0 Å². The van der Waals surface area contributed by atoms with Gasteiger partial charge in [0, 0.05) is 64.8 Å². The zero-order valence-electron chi connectivity index (χ0n) is 15.7. The highest BCUT2D eigenvalue weighted by Gasteiger charge is 2.18. The van der Waals surface area contributed by atoms with Crippen LogP contribution in [0.1, 0.15) is 32.1 Å². The van der Waals surface area contributed by atoms with Gasteiger partial charge in [-0.1, -0.05) is 19.3 Å². The molecule has 26 heavy (non-hydrogen) atoms. The van der Waals surface area contributed by atoms with Crippen molar-refractivity contribution in [3.63, 3.8) is 0 Å². The number of aliphatic imine (C=N–C) groups is 1. The Morgan fingerprint density at radius 1 is 1.12 bits per heavy atom.